The highest BCUT2D eigenvalue weighted by molar-refractivity contribution is 6.61. The van der Waals surface area contributed by atoms with Gasteiger partial charge in [0.2, 0.25) is 0 Å². The van der Waals surface area contributed by atoms with Gasteiger partial charge in [0.25, 0.3) is 0 Å². The molecule has 1 aromatic heterocycles. The van der Waals surface area contributed by atoms with Crippen LogP contribution in [-0.4, -0.2) is 23.3 Å². The Morgan fingerprint density at radius 2 is 1.78 bits per heavy atom. The molecule has 1 saturated heterocycles. The fourth-order valence-corrected chi connectivity index (χ4v) is 1.67. The van der Waals surface area contributed by atoms with Crippen LogP contribution in [0.15, 0.2) is 12.1 Å². The summed E-state index contributed by atoms with van der Waals surface area (Å²) in [6, 6.07) is 5.32. The highest BCUT2D eigenvalue weighted by atomic mass is 16.7. The van der Waals surface area contributed by atoms with Crippen molar-refractivity contribution in [2.45, 2.75) is 38.9 Å². The van der Waals surface area contributed by atoms with Crippen LogP contribution in [0, 0.1) is 11.3 Å². The highest BCUT2D eigenvalue weighted by Gasteiger charge is 2.52. The second-order valence-corrected chi connectivity index (χ2v) is 5.37. The Morgan fingerprint density at radius 3 is 2.28 bits per heavy atom. The van der Waals surface area contributed by atoms with E-state index in [2.05, 4.69) is 4.98 Å². The SMILES string of the molecule is CC1(C)OB(c2ccc(N)c(C#N)n2)OC1(C)C. The first-order chi connectivity index (χ1) is 8.27. The van der Waals surface area contributed by atoms with Crippen molar-refractivity contribution in [1.82, 2.24) is 4.98 Å². The molecular formula is C12H16BN3O2. The van der Waals surface area contributed by atoms with Crippen LogP contribution in [-0.2, 0) is 9.31 Å². The molecule has 0 aromatic carbocycles. The van der Waals surface area contributed by atoms with Gasteiger partial charge in [-0.3, -0.25) is 0 Å². The maximum absolute atomic E-state index is 8.92. The Labute approximate surface area is 107 Å². The number of rotatable bonds is 1. The van der Waals surface area contributed by atoms with E-state index in [0.717, 1.165) is 0 Å². The maximum Gasteiger partial charge on any atom is 0.514 e. The third-order valence-corrected chi connectivity index (χ3v) is 3.55. The minimum atomic E-state index is -0.567. The van der Waals surface area contributed by atoms with E-state index in [1.54, 1.807) is 12.1 Å². The van der Waals surface area contributed by atoms with Gasteiger partial charge < -0.3 is 15.0 Å². The highest BCUT2D eigenvalue weighted by Crippen LogP contribution is 2.36. The molecule has 0 bridgehead atoms. The average molecular weight is 245 g/mol. The quantitative estimate of drug-likeness (QED) is 0.741. The lowest BCUT2D eigenvalue weighted by atomic mass is 9.84. The molecule has 1 aliphatic rings. The molecule has 2 N–H and O–H groups in total. The molecule has 0 radical (unpaired) electrons. The van der Waals surface area contributed by atoms with Crippen molar-refractivity contribution in [2.75, 3.05) is 5.73 Å². The van der Waals surface area contributed by atoms with Crippen LogP contribution in [0.2, 0.25) is 0 Å². The molecule has 18 heavy (non-hydrogen) atoms. The number of anilines is 1. The van der Waals surface area contributed by atoms with Crippen LogP contribution in [0.4, 0.5) is 5.69 Å². The molecule has 0 saturated carbocycles. The summed E-state index contributed by atoms with van der Waals surface area (Å²) in [7, 11) is -0.567. The number of nitrogens with zero attached hydrogens (tertiary/aromatic N) is 2. The molecule has 1 aliphatic heterocycles. The summed E-state index contributed by atoms with van der Waals surface area (Å²) in [5, 5.41) is 8.92. The van der Waals surface area contributed by atoms with Gasteiger partial charge in [-0.25, -0.2) is 4.98 Å². The first-order valence-electron chi connectivity index (χ1n) is 5.79. The van der Waals surface area contributed by atoms with Crippen molar-refractivity contribution in [3.8, 4) is 6.07 Å². The van der Waals surface area contributed by atoms with Crippen LogP contribution < -0.4 is 11.3 Å². The Hall–Kier alpha value is -1.58. The van der Waals surface area contributed by atoms with Crippen LogP contribution in [0.3, 0.4) is 0 Å². The van der Waals surface area contributed by atoms with Crippen LogP contribution >= 0.6 is 0 Å². The van der Waals surface area contributed by atoms with Crippen LogP contribution in [0.5, 0.6) is 0 Å². The molecule has 6 heteroatoms. The van der Waals surface area contributed by atoms with E-state index in [1.165, 1.54) is 0 Å². The molecule has 2 heterocycles. The summed E-state index contributed by atoms with van der Waals surface area (Å²) in [4.78, 5) is 4.17. The van der Waals surface area contributed by atoms with E-state index in [0.29, 0.717) is 11.3 Å². The summed E-state index contributed by atoms with van der Waals surface area (Å²) < 4.78 is 11.7. The Morgan fingerprint density at radius 1 is 1.22 bits per heavy atom. The first-order valence-corrected chi connectivity index (χ1v) is 5.79. The lowest BCUT2D eigenvalue weighted by Gasteiger charge is -2.32. The van der Waals surface area contributed by atoms with Gasteiger partial charge in [-0.1, -0.05) is 0 Å². The van der Waals surface area contributed by atoms with Gasteiger partial charge in [0, 0.05) is 0 Å². The zero-order chi connectivity index (χ0) is 13.6. The topological polar surface area (TPSA) is 81.2 Å². The smallest absolute Gasteiger partial charge is 0.398 e. The molecule has 0 amide bonds. The molecule has 0 unspecified atom stereocenters. The number of hydrogen-bond acceptors (Lipinski definition) is 5. The van der Waals surface area contributed by atoms with Gasteiger partial charge >= 0.3 is 7.12 Å². The summed E-state index contributed by atoms with van der Waals surface area (Å²) in [6.07, 6.45) is 0. The molecule has 94 valence electrons. The molecular weight excluding hydrogens is 229 g/mol. The second kappa shape index (κ2) is 3.97. The van der Waals surface area contributed by atoms with Gasteiger partial charge in [-0.05, 0) is 39.8 Å². The number of pyridine rings is 1. The fraction of sp³-hybridized carbons (Fsp3) is 0.500. The van der Waals surface area contributed by atoms with Crippen molar-refractivity contribution in [1.29, 1.82) is 5.26 Å². The van der Waals surface area contributed by atoms with E-state index < -0.39 is 18.3 Å². The molecule has 2 rings (SSSR count). The van der Waals surface area contributed by atoms with Gasteiger partial charge in [-0.15, -0.1) is 0 Å². The van der Waals surface area contributed by atoms with Gasteiger partial charge in [0.15, 0.2) is 5.69 Å². The normalized spacial score (nSPS) is 20.7. The minimum Gasteiger partial charge on any atom is -0.398 e. The summed E-state index contributed by atoms with van der Waals surface area (Å²) in [5.41, 5.74) is 5.92. The molecule has 5 nitrogen and oxygen atoms in total. The van der Waals surface area contributed by atoms with Crippen LogP contribution in [0.25, 0.3) is 0 Å². The van der Waals surface area contributed by atoms with E-state index in [4.69, 9.17) is 20.3 Å². The monoisotopic (exact) mass is 245 g/mol. The van der Waals surface area contributed by atoms with Gasteiger partial charge in [-0.2, -0.15) is 5.26 Å². The molecule has 0 spiro atoms. The standard InChI is InChI=1S/C12H16BN3O2/c1-11(2)12(3,4)18-13(17-11)10-6-5-8(15)9(7-14)16-10/h5-6H,15H2,1-4H3. The zero-order valence-electron chi connectivity index (χ0n) is 11.0. The Balaban J connectivity index is 2.33. The van der Waals surface area contributed by atoms with Crippen LogP contribution in [0.1, 0.15) is 33.4 Å². The number of hydrogen-bond donors (Lipinski definition) is 1. The Bertz CT molecular complexity index is 507. The third-order valence-electron chi connectivity index (χ3n) is 3.55. The van der Waals surface area contributed by atoms with Crippen molar-refractivity contribution in [3.05, 3.63) is 17.8 Å². The van der Waals surface area contributed by atoms with E-state index >= 15 is 0 Å². The summed E-state index contributed by atoms with van der Waals surface area (Å²) >= 11 is 0. The summed E-state index contributed by atoms with van der Waals surface area (Å²) in [6.45, 7) is 7.87. The fourth-order valence-electron chi connectivity index (χ4n) is 1.67. The van der Waals surface area contributed by atoms with Gasteiger partial charge in [0.05, 0.1) is 22.5 Å². The molecule has 1 fully saturated rings. The third kappa shape index (κ3) is 1.96. The van der Waals surface area contributed by atoms with Crippen molar-refractivity contribution in [3.63, 3.8) is 0 Å². The number of nitrogens with two attached hydrogens (primary N) is 1. The Kier molecular flexibility index (Phi) is 2.84. The van der Waals surface area contributed by atoms with Crippen molar-refractivity contribution in [2.24, 2.45) is 0 Å². The lowest BCUT2D eigenvalue weighted by Crippen LogP contribution is -2.41. The number of aromatic nitrogens is 1. The van der Waals surface area contributed by atoms with Crippen molar-refractivity contribution < 1.29 is 9.31 Å². The number of nitriles is 1. The maximum atomic E-state index is 8.92. The second-order valence-electron chi connectivity index (χ2n) is 5.37. The van der Waals surface area contributed by atoms with E-state index in [1.807, 2.05) is 33.8 Å². The minimum absolute atomic E-state index is 0.196. The predicted octanol–water partition coefficient (Wildman–Crippen LogP) is 0.835. The predicted molar refractivity (Wildman–Crippen MR) is 69.1 cm³/mol. The van der Waals surface area contributed by atoms with E-state index in [9.17, 15) is 0 Å². The number of nitrogen functional groups attached to an aromatic ring is 1. The largest absolute Gasteiger partial charge is 0.514 e. The lowest BCUT2D eigenvalue weighted by molar-refractivity contribution is 0.00578. The zero-order valence-corrected chi connectivity index (χ0v) is 11.0. The summed E-state index contributed by atoms with van der Waals surface area (Å²) in [5.74, 6) is 0. The first kappa shape index (κ1) is 12.9. The average Bonchev–Trinajstić information content (AvgIpc) is 2.49. The molecule has 0 atom stereocenters. The van der Waals surface area contributed by atoms with E-state index in [-0.39, 0.29) is 5.69 Å². The van der Waals surface area contributed by atoms with Gasteiger partial charge in [0.1, 0.15) is 6.07 Å². The molecule has 1 aromatic rings. The van der Waals surface area contributed by atoms with Crippen molar-refractivity contribution >= 4 is 18.4 Å². The molecule has 0 aliphatic carbocycles.